The molecule has 1 atom stereocenters. The molecule has 2 aromatic carbocycles. The van der Waals surface area contributed by atoms with E-state index in [1.165, 1.54) is 18.4 Å². The first-order valence-corrected chi connectivity index (χ1v) is 10.7. The summed E-state index contributed by atoms with van der Waals surface area (Å²) in [6.45, 7) is 3.58. The molecule has 32 heavy (non-hydrogen) atoms. The van der Waals surface area contributed by atoms with Crippen LogP contribution >= 0.6 is 24.0 Å². The molecule has 3 rings (SSSR count). The second-order valence-corrected chi connectivity index (χ2v) is 7.59. The molecule has 1 saturated heterocycles. The van der Waals surface area contributed by atoms with Crippen molar-refractivity contribution < 1.29 is 14.2 Å². The SMILES string of the molecule is CN=C(NCc1cc(OC)c(OC)c(OC)c1)NCC1CCCN1Cc1ccccc1.I. The number of ether oxygens (including phenoxy) is 3. The van der Waals surface area contributed by atoms with Gasteiger partial charge in [0.2, 0.25) is 5.75 Å². The van der Waals surface area contributed by atoms with Gasteiger partial charge in [-0.2, -0.15) is 0 Å². The molecule has 0 aromatic heterocycles. The lowest BCUT2D eigenvalue weighted by molar-refractivity contribution is 0.245. The molecule has 2 N–H and O–H groups in total. The van der Waals surface area contributed by atoms with Crippen LogP contribution in [0.25, 0.3) is 0 Å². The third-order valence-corrected chi connectivity index (χ3v) is 5.64. The van der Waals surface area contributed by atoms with Gasteiger partial charge in [-0.1, -0.05) is 30.3 Å². The van der Waals surface area contributed by atoms with Crippen LogP contribution in [0.15, 0.2) is 47.5 Å². The largest absolute Gasteiger partial charge is 0.493 e. The molecular weight excluding hydrogens is 519 g/mol. The van der Waals surface area contributed by atoms with E-state index in [1.807, 2.05) is 12.1 Å². The van der Waals surface area contributed by atoms with Crippen LogP contribution < -0.4 is 24.8 Å². The van der Waals surface area contributed by atoms with Crippen LogP contribution in [0.3, 0.4) is 0 Å². The van der Waals surface area contributed by atoms with Gasteiger partial charge in [-0.25, -0.2) is 0 Å². The average Bonchev–Trinajstić information content (AvgIpc) is 3.25. The Morgan fingerprint density at radius 3 is 2.28 bits per heavy atom. The van der Waals surface area contributed by atoms with E-state index in [4.69, 9.17) is 14.2 Å². The zero-order valence-electron chi connectivity index (χ0n) is 19.4. The van der Waals surface area contributed by atoms with Crippen molar-refractivity contribution in [1.29, 1.82) is 0 Å². The van der Waals surface area contributed by atoms with E-state index in [-0.39, 0.29) is 24.0 Å². The zero-order chi connectivity index (χ0) is 22.1. The maximum atomic E-state index is 5.44. The second-order valence-electron chi connectivity index (χ2n) is 7.59. The number of nitrogens with one attached hydrogen (secondary N) is 2. The number of hydrogen-bond acceptors (Lipinski definition) is 5. The van der Waals surface area contributed by atoms with E-state index < -0.39 is 0 Å². The van der Waals surface area contributed by atoms with Gasteiger partial charge >= 0.3 is 0 Å². The summed E-state index contributed by atoms with van der Waals surface area (Å²) >= 11 is 0. The monoisotopic (exact) mass is 554 g/mol. The van der Waals surface area contributed by atoms with Crippen molar-refractivity contribution in [1.82, 2.24) is 15.5 Å². The Morgan fingerprint density at radius 2 is 1.69 bits per heavy atom. The molecule has 0 radical (unpaired) electrons. The molecule has 0 aliphatic carbocycles. The first-order valence-electron chi connectivity index (χ1n) is 10.7. The fourth-order valence-electron chi connectivity index (χ4n) is 4.01. The summed E-state index contributed by atoms with van der Waals surface area (Å²) in [5, 5.41) is 6.87. The van der Waals surface area contributed by atoms with Crippen molar-refractivity contribution in [3.05, 3.63) is 53.6 Å². The van der Waals surface area contributed by atoms with Gasteiger partial charge in [0.15, 0.2) is 17.5 Å². The van der Waals surface area contributed by atoms with Crippen molar-refractivity contribution in [2.45, 2.75) is 32.0 Å². The number of aliphatic imine (C=N–C) groups is 1. The first-order chi connectivity index (χ1) is 15.2. The van der Waals surface area contributed by atoms with Crippen LogP contribution in [-0.2, 0) is 13.1 Å². The molecule has 1 heterocycles. The fraction of sp³-hybridized carbons (Fsp3) is 0.458. The highest BCUT2D eigenvalue weighted by atomic mass is 127. The Labute approximate surface area is 208 Å². The first kappa shape index (κ1) is 26.1. The summed E-state index contributed by atoms with van der Waals surface area (Å²) in [4.78, 5) is 6.93. The van der Waals surface area contributed by atoms with Gasteiger partial charge in [0.05, 0.1) is 21.3 Å². The van der Waals surface area contributed by atoms with Crippen LogP contribution in [0.2, 0.25) is 0 Å². The maximum absolute atomic E-state index is 5.44. The summed E-state index contributed by atoms with van der Waals surface area (Å²) in [7, 11) is 6.64. The van der Waals surface area contributed by atoms with Gasteiger partial charge in [0.1, 0.15) is 0 Å². The summed E-state index contributed by atoms with van der Waals surface area (Å²) < 4.78 is 16.3. The van der Waals surface area contributed by atoms with Crippen molar-refractivity contribution in [2.24, 2.45) is 4.99 Å². The summed E-state index contributed by atoms with van der Waals surface area (Å²) in [5.41, 5.74) is 2.38. The lowest BCUT2D eigenvalue weighted by atomic mass is 10.1. The zero-order valence-corrected chi connectivity index (χ0v) is 21.7. The van der Waals surface area contributed by atoms with Crippen LogP contribution in [0.4, 0.5) is 0 Å². The van der Waals surface area contributed by atoms with Crippen molar-refractivity contribution in [3.63, 3.8) is 0 Å². The Bertz CT molecular complexity index is 839. The van der Waals surface area contributed by atoms with Crippen molar-refractivity contribution >= 4 is 29.9 Å². The highest BCUT2D eigenvalue weighted by Crippen LogP contribution is 2.38. The molecule has 1 unspecified atom stereocenters. The second kappa shape index (κ2) is 13.4. The Morgan fingerprint density at radius 1 is 1.00 bits per heavy atom. The molecule has 0 bridgehead atoms. The number of nitrogens with zero attached hydrogens (tertiary/aromatic N) is 2. The number of benzene rings is 2. The Hall–Kier alpha value is -2.20. The van der Waals surface area contributed by atoms with Crippen LogP contribution in [-0.4, -0.2) is 58.4 Å². The van der Waals surface area contributed by atoms with Gasteiger partial charge in [-0.15, -0.1) is 24.0 Å². The fourth-order valence-corrected chi connectivity index (χ4v) is 4.01. The third kappa shape index (κ3) is 6.90. The van der Waals surface area contributed by atoms with Gasteiger partial charge in [0, 0.05) is 32.7 Å². The summed E-state index contributed by atoms with van der Waals surface area (Å²) in [5.74, 6) is 2.66. The maximum Gasteiger partial charge on any atom is 0.203 e. The predicted octanol–water partition coefficient (Wildman–Crippen LogP) is 3.66. The molecule has 2 aromatic rings. The average molecular weight is 554 g/mol. The number of hydrogen-bond donors (Lipinski definition) is 2. The van der Waals surface area contributed by atoms with E-state index in [9.17, 15) is 0 Å². The molecule has 8 heteroatoms. The van der Waals surface area contributed by atoms with Crippen LogP contribution in [0.1, 0.15) is 24.0 Å². The molecule has 0 saturated carbocycles. The number of methoxy groups -OCH3 is 3. The van der Waals surface area contributed by atoms with E-state index in [0.717, 1.165) is 31.2 Å². The Balaban J connectivity index is 0.00000363. The van der Waals surface area contributed by atoms with Gasteiger partial charge in [-0.05, 0) is 42.6 Å². The van der Waals surface area contributed by atoms with Crippen molar-refractivity contribution in [2.75, 3.05) is 41.5 Å². The highest BCUT2D eigenvalue weighted by Gasteiger charge is 2.24. The van der Waals surface area contributed by atoms with Crippen LogP contribution in [0, 0.1) is 0 Å². The molecular formula is C24H35IN4O3. The number of halogens is 1. The quantitative estimate of drug-likeness (QED) is 0.280. The van der Waals surface area contributed by atoms with E-state index in [1.54, 1.807) is 28.4 Å². The van der Waals surface area contributed by atoms with Crippen molar-refractivity contribution in [3.8, 4) is 17.2 Å². The van der Waals surface area contributed by atoms with E-state index >= 15 is 0 Å². The number of guanidine groups is 1. The number of likely N-dealkylation sites (tertiary alicyclic amines) is 1. The lowest BCUT2D eigenvalue weighted by Gasteiger charge is -2.25. The number of rotatable bonds is 9. The molecule has 1 aliphatic rings. The molecule has 1 aliphatic heterocycles. The smallest absolute Gasteiger partial charge is 0.203 e. The molecule has 0 amide bonds. The van der Waals surface area contributed by atoms with Crippen LogP contribution in [0.5, 0.6) is 17.2 Å². The Kier molecular flexibility index (Phi) is 10.9. The molecule has 176 valence electrons. The van der Waals surface area contributed by atoms with E-state index in [0.29, 0.717) is 29.8 Å². The normalized spacial score (nSPS) is 16.2. The molecule has 1 fully saturated rings. The molecule has 0 spiro atoms. The minimum Gasteiger partial charge on any atom is -0.493 e. The topological polar surface area (TPSA) is 67.4 Å². The van der Waals surface area contributed by atoms with Gasteiger partial charge in [-0.3, -0.25) is 9.89 Å². The standard InChI is InChI=1S/C24H34N4O3.HI/c1-25-24(26-15-19-13-21(29-2)23(31-4)22(14-19)30-3)27-16-20-11-8-12-28(20)17-18-9-6-5-7-10-18;/h5-7,9-10,13-14,20H,8,11-12,15-17H2,1-4H3,(H2,25,26,27);1H. The van der Waals surface area contributed by atoms with Gasteiger partial charge < -0.3 is 24.8 Å². The third-order valence-electron chi connectivity index (χ3n) is 5.64. The highest BCUT2D eigenvalue weighted by molar-refractivity contribution is 14.0. The lowest BCUT2D eigenvalue weighted by Crippen LogP contribution is -2.44. The van der Waals surface area contributed by atoms with Gasteiger partial charge in [0.25, 0.3) is 0 Å². The minimum absolute atomic E-state index is 0. The minimum atomic E-state index is 0. The molecule has 7 nitrogen and oxygen atoms in total. The summed E-state index contributed by atoms with van der Waals surface area (Å²) in [6, 6.07) is 15.1. The summed E-state index contributed by atoms with van der Waals surface area (Å²) in [6.07, 6.45) is 2.43. The predicted molar refractivity (Wildman–Crippen MR) is 140 cm³/mol. The van der Waals surface area contributed by atoms with E-state index in [2.05, 4.69) is 50.9 Å².